The zero-order chi connectivity index (χ0) is 11.4. The first-order chi connectivity index (χ1) is 7.68. The Hall–Kier alpha value is -0.890. The Balaban J connectivity index is 1.86. The Morgan fingerprint density at radius 3 is 2.56 bits per heavy atom. The topological polar surface area (TPSA) is 24.9 Å². The number of aromatic nitrogens is 1. The lowest BCUT2D eigenvalue weighted by molar-refractivity contribution is 0.323. The molecule has 0 saturated heterocycles. The molecule has 2 heteroatoms. The summed E-state index contributed by atoms with van der Waals surface area (Å²) in [6, 6.07) is 4.76. The monoisotopic (exact) mass is 218 g/mol. The normalized spacial score (nSPS) is 20.9. The van der Waals surface area contributed by atoms with Crippen LogP contribution in [0.3, 0.4) is 0 Å². The van der Waals surface area contributed by atoms with E-state index in [9.17, 15) is 0 Å². The van der Waals surface area contributed by atoms with Gasteiger partial charge in [0.25, 0.3) is 0 Å². The first-order valence-electron chi connectivity index (χ1n) is 6.35. The van der Waals surface area contributed by atoms with E-state index in [-0.39, 0.29) is 0 Å². The summed E-state index contributed by atoms with van der Waals surface area (Å²) in [6.45, 7) is 4.65. The molecule has 1 aliphatic rings. The second kappa shape index (κ2) is 4.96. The second-order valence-electron chi connectivity index (χ2n) is 5.37. The van der Waals surface area contributed by atoms with Crippen LogP contribution in [-0.4, -0.2) is 16.6 Å². The molecule has 0 aromatic carbocycles. The van der Waals surface area contributed by atoms with E-state index in [1.54, 1.807) is 0 Å². The fourth-order valence-electron chi connectivity index (χ4n) is 2.82. The summed E-state index contributed by atoms with van der Waals surface area (Å²) in [4.78, 5) is 4.05. The van der Waals surface area contributed by atoms with Crippen molar-refractivity contribution in [1.29, 1.82) is 0 Å². The van der Waals surface area contributed by atoms with Crippen LogP contribution in [0, 0.1) is 0 Å². The van der Waals surface area contributed by atoms with Crippen LogP contribution < -0.4 is 5.32 Å². The van der Waals surface area contributed by atoms with Crippen LogP contribution in [0.25, 0.3) is 0 Å². The highest BCUT2D eigenvalue weighted by Gasteiger charge is 2.29. The molecule has 1 heterocycles. The fourth-order valence-corrected chi connectivity index (χ4v) is 2.82. The van der Waals surface area contributed by atoms with Gasteiger partial charge in [-0.3, -0.25) is 4.98 Å². The van der Waals surface area contributed by atoms with Crippen LogP contribution in [0.2, 0.25) is 0 Å². The van der Waals surface area contributed by atoms with E-state index >= 15 is 0 Å². The Labute approximate surface area is 98.5 Å². The van der Waals surface area contributed by atoms with Gasteiger partial charge >= 0.3 is 0 Å². The van der Waals surface area contributed by atoms with Gasteiger partial charge in [-0.15, -0.1) is 0 Å². The molecule has 1 aromatic rings. The predicted octanol–water partition coefficient (Wildman–Crippen LogP) is 2.93. The molecule has 0 spiro atoms. The summed E-state index contributed by atoms with van der Waals surface area (Å²) in [7, 11) is 0. The molecule has 0 radical (unpaired) electrons. The van der Waals surface area contributed by atoms with Crippen molar-refractivity contribution in [3.05, 3.63) is 30.1 Å². The molecule has 1 unspecified atom stereocenters. The van der Waals surface area contributed by atoms with Crippen molar-refractivity contribution in [3.63, 3.8) is 0 Å². The minimum absolute atomic E-state index is 0.381. The summed E-state index contributed by atoms with van der Waals surface area (Å²) in [5.41, 5.74) is 1.75. The van der Waals surface area contributed by atoms with Crippen molar-refractivity contribution in [1.82, 2.24) is 10.3 Å². The Morgan fingerprint density at radius 1 is 1.31 bits per heavy atom. The van der Waals surface area contributed by atoms with Crippen LogP contribution in [0.5, 0.6) is 0 Å². The van der Waals surface area contributed by atoms with E-state index in [0.29, 0.717) is 11.6 Å². The van der Waals surface area contributed by atoms with Crippen molar-refractivity contribution in [2.24, 2.45) is 0 Å². The van der Waals surface area contributed by atoms with Gasteiger partial charge in [0.05, 0.1) is 0 Å². The minimum atomic E-state index is 0.381. The lowest BCUT2D eigenvalue weighted by atomic mass is 9.97. The van der Waals surface area contributed by atoms with Crippen LogP contribution in [-0.2, 0) is 6.42 Å². The maximum atomic E-state index is 4.05. The van der Waals surface area contributed by atoms with Gasteiger partial charge in [-0.25, -0.2) is 0 Å². The molecular weight excluding hydrogens is 196 g/mol. The maximum Gasteiger partial charge on any atom is 0.0270 e. The van der Waals surface area contributed by atoms with Crippen molar-refractivity contribution in [3.8, 4) is 0 Å². The SMILES string of the molecule is CC(Cc1ccncc1)NC1(C)CCCC1. The first kappa shape index (κ1) is 11.6. The number of nitrogens with zero attached hydrogens (tertiary/aromatic N) is 1. The van der Waals surface area contributed by atoms with Gasteiger partial charge in [-0.2, -0.15) is 0 Å². The summed E-state index contributed by atoms with van der Waals surface area (Å²) in [6.07, 6.45) is 10.3. The molecule has 0 amide bonds. The number of hydrogen-bond acceptors (Lipinski definition) is 2. The predicted molar refractivity (Wildman–Crippen MR) is 67.4 cm³/mol. The third-order valence-corrected chi connectivity index (χ3v) is 3.59. The van der Waals surface area contributed by atoms with Crippen LogP contribution in [0.15, 0.2) is 24.5 Å². The average molecular weight is 218 g/mol. The highest BCUT2D eigenvalue weighted by Crippen LogP contribution is 2.29. The molecule has 1 N–H and O–H groups in total. The Bertz CT molecular complexity index is 315. The van der Waals surface area contributed by atoms with Gasteiger partial charge in [-0.1, -0.05) is 12.8 Å². The number of pyridine rings is 1. The second-order valence-corrected chi connectivity index (χ2v) is 5.37. The van der Waals surface area contributed by atoms with Gasteiger partial charge in [0, 0.05) is 24.0 Å². The van der Waals surface area contributed by atoms with Gasteiger partial charge in [0.1, 0.15) is 0 Å². The van der Waals surface area contributed by atoms with Crippen molar-refractivity contribution < 1.29 is 0 Å². The van der Waals surface area contributed by atoms with Gasteiger partial charge in [0.15, 0.2) is 0 Å². The van der Waals surface area contributed by atoms with Gasteiger partial charge in [0.2, 0.25) is 0 Å². The third-order valence-electron chi connectivity index (χ3n) is 3.59. The average Bonchev–Trinajstić information content (AvgIpc) is 2.66. The molecule has 1 aromatic heterocycles. The summed E-state index contributed by atoms with van der Waals surface area (Å²) in [5, 5.41) is 3.78. The summed E-state index contributed by atoms with van der Waals surface area (Å²) in [5.74, 6) is 0. The molecule has 1 fully saturated rings. The first-order valence-corrected chi connectivity index (χ1v) is 6.35. The Morgan fingerprint density at radius 2 is 1.94 bits per heavy atom. The van der Waals surface area contributed by atoms with Crippen LogP contribution in [0.4, 0.5) is 0 Å². The molecule has 16 heavy (non-hydrogen) atoms. The molecule has 0 bridgehead atoms. The molecule has 2 rings (SSSR count). The lowest BCUT2D eigenvalue weighted by Crippen LogP contribution is -2.45. The van der Waals surface area contributed by atoms with E-state index in [2.05, 4.69) is 36.3 Å². The van der Waals surface area contributed by atoms with Crippen molar-refractivity contribution in [2.75, 3.05) is 0 Å². The zero-order valence-corrected chi connectivity index (χ0v) is 10.4. The largest absolute Gasteiger partial charge is 0.309 e. The number of hydrogen-bond donors (Lipinski definition) is 1. The molecule has 1 atom stereocenters. The van der Waals surface area contributed by atoms with E-state index < -0.39 is 0 Å². The quantitative estimate of drug-likeness (QED) is 0.840. The molecule has 1 aliphatic carbocycles. The third kappa shape index (κ3) is 3.05. The standard InChI is InChI=1S/C14H22N2/c1-12(11-13-5-9-15-10-6-13)16-14(2)7-3-4-8-14/h5-6,9-10,12,16H,3-4,7-8,11H2,1-2H3. The van der Waals surface area contributed by atoms with Crippen molar-refractivity contribution >= 4 is 0 Å². The number of rotatable bonds is 4. The zero-order valence-electron chi connectivity index (χ0n) is 10.4. The highest BCUT2D eigenvalue weighted by molar-refractivity contribution is 5.11. The van der Waals surface area contributed by atoms with E-state index in [1.165, 1.54) is 31.2 Å². The molecule has 1 saturated carbocycles. The van der Waals surface area contributed by atoms with Gasteiger partial charge < -0.3 is 5.32 Å². The number of nitrogens with one attached hydrogen (secondary N) is 1. The fraction of sp³-hybridized carbons (Fsp3) is 0.643. The maximum absolute atomic E-state index is 4.05. The van der Waals surface area contributed by atoms with Crippen molar-refractivity contribution in [2.45, 2.75) is 57.5 Å². The summed E-state index contributed by atoms with van der Waals surface area (Å²) < 4.78 is 0. The summed E-state index contributed by atoms with van der Waals surface area (Å²) >= 11 is 0. The Kier molecular flexibility index (Phi) is 3.59. The molecule has 88 valence electrons. The van der Waals surface area contributed by atoms with E-state index in [1.807, 2.05) is 12.4 Å². The smallest absolute Gasteiger partial charge is 0.0270 e. The molecule has 0 aliphatic heterocycles. The molecular formula is C14H22N2. The molecule has 2 nitrogen and oxygen atoms in total. The highest BCUT2D eigenvalue weighted by atomic mass is 15.0. The van der Waals surface area contributed by atoms with E-state index in [4.69, 9.17) is 0 Å². The van der Waals surface area contributed by atoms with Crippen LogP contribution in [0.1, 0.15) is 45.1 Å². The van der Waals surface area contributed by atoms with Gasteiger partial charge in [-0.05, 0) is 50.8 Å². The van der Waals surface area contributed by atoms with Crippen LogP contribution >= 0.6 is 0 Å². The lowest BCUT2D eigenvalue weighted by Gasteiger charge is -2.29. The minimum Gasteiger partial charge on any atom is -0.309 e. The van der Waals surface area contributed by atoms with E-state index in [0.717, 1.165) is 6.42 Å².